The number of carboxylic acid groups (broad SMARTS) is 1. The van der Waals surface area contributed by atoms with Gasteiger partial charge in [0.1, 0.15) is 0 Å². The summed E-state index contributed by atoms with van der Waals surface area (Å²) in [6.07, 6.45) is 3.42. The molecule has 2 rings (SSSR count). The maximum atomic E-state index is 11.1. The molecule has 0 radical (unpaired) electrons. The third kappa shape index (κ3) is 2.86. The average molecular weight is 259 g/mol. The first-order valence-corrected chi connectivity index (χ1v) is 5.32. The van der Waals surface area contributed by atoms with Gasteiger partial charge in [0.2, 0.25) is 0 Å². The van der Waals surface area contributed by atoms with E-state index in [0.29, 0.717) is 5.56 Å². The number of aromatic carboxylic acids is 1. The lowest BCUT2D eigenvalue weighted by Crippen LogP contribution is -2.18. The van der Waals surface area contributed by atoms with Gasteiger partial charge in [-0.2, -0.15) is 0 Å². The van der Waals surface area contributed by atoms with Crippen LogP contribution in [0.15, 0.2) is 42.2 Å². The van der Waals surface area contributed by atoms with Crippen LogP contribution in [0.25, 0.3) is 6.08 Å². The highest BCUT2D eigenvalue weighted by atomic mass is 16.6. The van der Waals surface area contributed by atoms with Gasteiger partial charge in [0.15, 0.2) is 5.76 Å². The summed E-state index contributed by atoms with van der Waals surface area (Å²) in [7, 11) is 0. The lowest BCUT2D eigenvalue weighted by Gasteiger charge is -1.98. The van der Waals surface area contributed by atoms with Crippen molar-refractivity contribution in [3.05, 3.63) is 53.3 Å². The molecule has 1 aromatic carbocycles. The molecule has 0 saturated carbocycles. The zero-order chi connectivity index (χ0) is 13.8. The van der Waals surface area contributed by atoms with Gasteiger partial charge in [-0.05, 0) is 17.7 Å². The second-order valence-electron chi connectivity index (χ2n) is 3.63. The second kappa shape index (κ2) is 5.18. The normalized spacial score (nSPS) is 16.7. The molecule has 19 heavy (non-hydrogen) atoms. The minimum Gasteiger partial charge on any atom is -0.478 e. The Balaban J connectivity index is 2.20. The van der Waals surface area contributed by atoms with Gasteiger partial charge in [-0.1, -0.05) is 30.4 Å². The molecule has 6 heteroatoms. The number of carbonyl (C=O) groups excluding carboxylic acids is 2. The number of ether oxygens (including phenoxy) is 1. The fourth-order valence-electron chi connectivity index (χ4n) is 1.51. The molecule has 96 valence electrons. The first-order valence-electron chi connectivity index (χ1n) is 5.32. The Morgan fingerprint density at radius 2 is 2.00 bits per heavy atom. The van der Waals surface area contributed by atoms with E-state index in [1.54, 1.807) is 18.2 Å². The summed E-state index contributed by atoms with van der Waals surface area (Å²) in [4.78, 5) is 32.8. The summed E-state index contributed by atoms with van der Waals surface area (Å²) in [5, 5.41) is 10.9. The van der Waals surface area contributed by atoms with Crippen molar-refractivity contribution in [3.63, 3.8) is 0 Å². The molecule has 0 bridgehead atoms. The van der Waals surface area contributed by atoms with Gasteiger partial charge in [0.05, 0.1) is 5.56 Å². The topological polar surface area (TPSA) is 92.7 Å². The average Bonchev–Trinajstić information content (AvgIpc) is 2.68. The van der Waals surface area contributed by atoms with Crippen LogP contribution in [0.2, 0.25) is 0 Å². The lowest BCUT2D eigenvalue weighted by molar-refractivity contribution is -0.116. The predicted molar refractivity (Wildman–Crippen MR) is 65.1 cm³/mol. The van der Waals surface area contributed by atoms with Gasteiger partial charge in [0.25, 0.3) is 5.91 Å². The standard InChI is InChI=1S/C13H9NO5/c15-11-10(19-13(18)14-11)7-3-5-8-4-1-2-6-9(8)12(16)17/h1-7H,(H,16,17)(H,14,15,18)/b5-3+,10-7-. The first kappa shape index (κ1) is 12.6. The van der Waals surface area contributed by atoms with Gasteiger partial charge in [0, 0.05) is 0 Å². The van der Waals surface area contributed by atoms with Gasteiger partial charge in [-0.3, -0.25) is 10.1 Å². The Bertz CT molecular complexity index is 615. The summed E-state index contributed by atoms with van der Waals surface area (Å²) in [5.74, 6) is -1.80. The van der Waals surface area contributed by atoms with Crippen LogP contribution in [-0.2, 0) is 9.53 Å². The van der Waals surface area contributed by atoms with E-state index in [-0.39, 0.29) is 11.3 Å². The zero-order valence-corrected chi connectivity index (χ0v) is 9.62. The number of alkyl carbamates (subject to hydrolysis) is 1. The third-order valence-electron chi connectivity index (χ3n) is 2.36. The van der Waals surface area contributed by atoms with E-state index in [1.165, 1.54) is 24.3 Å². The van der Waals surface area contributed by atoms with Crippen molar-refractivity contribution in [3.8, 4) is 0 Å². The van der Waals surface area contributed by atoms with Crippen LogP contribution in [-0.4, -0.2) is 23.1 Å². The quantitative estimate of drug-likeness (QED) is 0.803. The van der Waals surface area contributed by atoms with E-state index in [2.05, 4.69) is 4.74 Å². The highest BCUT2D eigenvalue weighted by Crippen LogP contribution is 2.12. The monoisotopic (exact) mass is 259 g/mol. The third-order valence-corrected chi connectivity index (χ3v) is 2.36. The van der Waals surface area contributed by atoms with Crippen molar-refractivity contribution in [1.29, 1.82) is 0 Å². The molecule has 0 unspecified atom stereocenters. The smallest absolute Gasteiger partial charge is 0.419 e. The number of allylic oxidation sites excluding steroid dienone is 2. The summed E-state index contributed by atoms with van der Waals surface area (Å²) in [6.45, 7) is 0. The summed E-state index contributed by atoms with van der Waals surface area (Å²) < 4.78 is 4.58. The number of carboxylic acids is 1. The van der Waals surface area contributed by atoms with E-state index in [9.17, 15) is 14.4 Å². The van der Waals surface area contributed by atoms with E-state index in [0.717, 1.165) is 0 Å². The molecule has 0 atom stereocenters. The molecule has 1 fully saturated rings. The molecule has 2 amide bonds. The molecule has 1 aliphatic rings. The summed E-state index contributed by atoms with van der Waals surface area (Å²) >= 11 is 0. The van der Waals surface area contributed by atoms with Crippen LogP contribution in [0.1, 0.15) is 15.9 Å². The number of hydrogen-bond acceptors (Lipinski definition) is 4. The Kier molecular flexibility index (Phi) is 3.42. The molecule has 6 nitrogen and oxygen atoms in total. The molecule has 1 heterocycles. The van der Waals surface area contributed by atoms with E-state index >= 15 is 0 Å². The molecule has 2 N–H and O–H groups in total. The number of amides is 2. The van der Waals surface area contributed by atoms with Gasteiger partial charge < -0.3 is 9.84 Å². The Morgan fingerprint density at radius 1 is 1.26 bits per heavy atom. The van der Waals surface area contributed by atoms with E-state index < -0.39 is 18.0 Å². The number of nitrogens with one attached hydrogen (secondary N) is 1. The Labute approximate surface area is 108 Å². The summed E-state index contributed by atoms with van der Waals surface area (Å²) in [5.41, 5.74) is 0.626. The van der Waals surface area contributed by atoms with Crippen LogP contribution in [0.3, 0.4) is 0 Å². The number of carbonyl (C=O) groups is 3. The first-order chi connectivity index (χ1) is 9.08. The van der Waals surface area contributed by atoms with Crippen molar-refractivity contribution >= 4 is 24.0 Å². The summed E-state index contributed by atoms with van der Waals surface area (Å²) in [6, 6.07) is 6.41. The molecule has 0 spiro atoms. The number of hydrogen-bond donors (Lipinski definition) is 2. The maximum Gasteiger partial charge on any atom is 0.419 e. The fourth-order valence-corrected chi connectivity index (χ4v) is 1.51. The van der Waals surface area contributed by atoms with Crippen molar-refractivity contribution < 1.29 is 24.2 Å². The van der Waals surface area contributed by atoms with Crippen LogP contribution in [0.5, 0.6) is 0 Å². The van der Waals surface area contributed by atoms with Gasteiger partial charge in [-0.25, -0.2) is 9.59 Å². The molecule has 1 aliphatic heterocycles. The second-order valence-corrected chi connectivity index (χ2v) is 3.63. The van der Waals surface area contributed by atoms with Crippen molar-refractivity contribution in [2.75, 3.05) is 0 Å². The number of imide groups is 1. The van der Waals surface area contributed by atoms with Crippen molar-refractivity contribution in [1.82, 2.24) is 5.32 Å². The molecular weight excluding hydrogens is 250 g/mol. The molecule has 1 aromatic rings. The van der Waals surface area contributed by atoms with Crippen LogP contribution in [0, 0.1) is 0 Å². The Morgan fingerprint density at radius 3 is 2.63 bits per heavy atom. The van der Waals surface area contributed by atoms with Crippen LogP contribution in [0.4, 0.5) is 4.79 Å². The van der Waals surface area contributed by atoms with Gasteiger partial charge >= 0.3 is 12.1 Å². The minimum absolute atomic E-state index is 0.131. The lowest BCUT2D eigenvalue weighted by atomic mass is 10.1. The van der Waals surface area contributed by atoms with Crippen LogP contribution < -0.4 is 5.32 Å². The van der Waals surface area contributed by atoms with E-state index in [4.69, 9.17) is 5.11 Å². The molecule has 1 saturated heterocycles. The number of benzene rings is 1. The largest absolute Gasteiger partial charge is 0.478 e. The van der Waals surface area contributed by atoms with E-state index in [1.807, 2.05) is 5.32 Å². The van der Waals surface area contributed by atoms with Gasteiger partial charge in [-0.15, -0.1) is 0 Å². The highest BCUT2D eigenvalue weighted by Gasteiger charge is 2.25. The van der Waals surface area contributed by atoms with Crippen molar-refractivity contribution in [2.45, 2.75) is 0 Å². The minimum atomic E-state index is -1.04. The van der Waals surface area contributed by atoms with Crippen molar-refractivity contribution in [2.24, 2.45) is 0 Å². The highest BCUT2D eigenvalue weighted by molar-refractivity contribution is 6.07. The Hall–Kier alpha value is -2.89. The fraction of sp³-hybridized carbons (Fsp3) is 0. The zero-order valence-electron chi connectivity index (χ0n) is 9.62. The molecule has 0 aromatic heterocycles. The number of cyclic esters (lactones) is 1. The maximum absolute atomic E-state index is 11.1. The number of rotatable bonds is 3. The molecular formula is C13H9NO5. The molecule has 0 aliphatic carbocycles. The van der Waals surface area contributed by atoms with Crippen LogP contribution >= 0.6 is 0 Å². The SMILES string of the molecule is O=C1NC(=O)/C(=C/C=C/c2ccccc2C(=O)O)O1. The predicted octanol–water partition coefficient (Wildman–Crippen LogP) is 1.55.